The van der Waals surface area contributed by atoms with Crippen LogP contribution >= 0.6 is 15.9 Å². The zero-order chi connectivity index (χ0) is 64.5. The summed E-state index contributed by atoms with van der Waals surface area (Å²) in [6, 6.07) is 130. The molecule has 0 bridgehead atoms. The summed E-state index contributed by atoms with van der Waals surface area (Å²) in [4.78, 5) is 0. The van der Waals surface area contributed by atoms with Crippen LogP contribution in [0.25, 0.3) is 164 Å². The molecule has 18 rings (SSSR count). The molecule has 0 aliphatic rings. The number of halogens is 1. The molecule has 0 heterocycles. The minimum absolute atomic E-state index is 0.505. The Bertz CT molecular complexity index is 5830. The third-order valence-electron chi connectivity index (χ3n) is 18.8. The Morgan fingerprint density at radius 2 is 0.469 bits per heavy atom. The van der Waals surface area contributed by atoms with Crippen LogP contribution in [0.15, 0.2) is 368 Å². The smallest absolute Gasteiger partial charge is 0.423 e. The molecule has 0 aromatic heterocycles. The Kier molecular flexibility index (Phi) is 16.2. The van der Waals surface area contributed by atoms with Crippen molar-refractivity contribution in [2.75, 3.05) is 0 Å². The van der Waals surface area contributed by atoms with Crippen molar-refractivity contribution < 1.29 is 10.0 Å². The van der Waals surface area contributed by atoms with Gasteiger partial charge in [0.1, 0.15) is 0 Å². The molecule has 2 N–H and O–H groups in total. The molecule has 0 amide bonds. The summed E-state index contributed by atoms with van der Waals surface area (Å²) in [5, 5.41) is 38.7. The number of fused-ring (bicyclic) bond motifs is 8. The van der Waals surface area contributed by atoms with Crippen molar-refractivity contribution >= 4 is 115 Å². The summed E-state index contributed by atoms with van der Waals surface area (Å²) < 4.78 is 1.09. The molecule has 0 fully saturated rings. The van der Waals surface area contributed by atoms with E-state index in [2.05, 4.69) is 337 Å². The molecule has 0 aliphatic carbocycles. The average molecular weight is 1290 g/mol. The largest absolute Gasteiger partial charge is 0.488 e. The molecule has 0 saturated heterocycles. The molecule has 0 radical (unpaired) electrons. The van der Waals surface area contributed by atoms with Crippen LogP contribution in [0.5, 0.6) is 0 Å². The molecule has 0 saturated carbocycles. The van der Waals surface area contributed by atoms with Crippen molar-refractivity contribution in [3.05, 3.63) is 368 Å². The highest BCUT2D eigenvalue weighted by Crippen LogP contribution is 2.48. The molecule has 0 spiro atoms. The molecule has 18 aromatic carbocycles. The van der Waals surface area contributed by atoms with Crippen LogP contribution in [0.2, 0.25) is 0 Å². The van der Waals surface area contributed by atoms with Gasteiger partial charge in [0.25, 0.3) is 0 Å². The minimum Gasteiger partial charge on any atom is -0.423 e. The second-order valence-corrected chi connectivity index (χ2v) is 25.4. The van der Waals surface area contributed by atoms with E-state index in [4.69, 9.17) is 0 Å². The SMILES string of the molecule is Brc1ccc(-c2c3ccccc3c(-c3cccc4ccccc34)c3ccccc23)cc1.OB(O)c1cccc(-c2ccc3ccccc3c2)c1.c1cc(-c2ccc(-c3c4ccccc4c(-c4cccc5ccccc45)c4ccccc34)cc2)cc(-c2ccc3ccccc3c2)c1. The average Bonchev–Trinajstić information content (AvgIpc) is 0.738. The summed E-state index contributed by atoms with van der Waals surface area (Å²) in [5.74, 6) is 0. The summed E-state index contributed by atoms with van der Waals surface area (Å²) in [6.45, 7) is 0. The van der Waals surface area contributed by atoms with Gasteiger partial charge in [-0.15, -0.1) is 0 Å². The predicted molar refractivity (Wildman–Crippen MR) is 415 cm³/mol. The highest BCUT2D eigenvalue weighted by atomic mass is 79.9. The van der Waals surface area contributed by atoms with Gasteiger partial charge in [-0.05, 0) is 200 Å². The van der Waals surface area contributed by atoms with E-state index in [9.17, 15) is 10.0 Å². The molecular formula is C92H62BBrO2. The van der Waals surface area contributed by atoms with E-state index < -0.39 is 7.12 Å². The molecule has 0 aliphatic heterocycles. The first kappa shape index (κ1) is 59.5. The van der Waals surface area contributed by atoms with E-state index in [1.54, 1.807) is 12.1 Å². The van der Waals surface area contributed by atoms with E-state index in [1.807, 2.05) is 30.3 Å². The predicted octanol–water partition coefficient (Wildman–Crippen LogP) is 24.4. The molecule has 0 unspecified atom stereocenters. The lowest BCUT2D eigenvalue weighted by Gasteiger charge is -2.19. The Morgan fingerprint density at radius 1 is 0.188 bits per heavy atom. The van der Waals surface area contributed by atoms with Gasteiger partial charge in [0.2, 0.25) is 0 Å². The minimum atomic E-state index is -1.43. The van der Waals surface area contributed by atoms with Gasteiger partial charge >= 0.3 is 7.12 Å². The zero-order valence-electron chi connectivity index (χ0n) is 52.5. The van der Waals surface area contributed by atoms with E-state index in [0.29, 0.717) is 5.46 Å². The summed E-state index contributed by atoms with van der Waals surface area (Å²) in [6.07, 6.45) is 0. The van der Waals surface area contributed by atoms with Crippen molar-refractivity contribution in [1.82, 2.24) is 0 Å². The van der Waals surface area contributed by atoms with Crippen LogP contribution in [0, 0.1) is 0 Å². The first-order valence-corrected chi connectivity index (χ1v) is 33.4. The fraction of sp³-hybridized carbons (Fsp3) is 0. The van der Waals surface area contributed by atoms with Gasteiger partial charge in [0, 0.05) is 4.47 Å². The second-order valence-electron chi connectivity index (χ2n) is 24.5. The molecule has 2 nitrogen and oxygen atoms in total. The van der Waals surface area contributed by atoms with E-state index in [1.165, 1.54) is 153 Å². The van der Waals surface area contributed by atoms with E-state index in [0.717, 1.165) is 15.6 Å². The maximum Gasteiger partial charge on any atom is 0.488 e. The summed E-state index contributed by atoms with van der Waals surface area (Å²) >= 11 is 3.58. The van der Waals surface area contributed by atoms with Gasteiger partial charge < -0.3 is 10.0 Å². The lowest BCUT2D eigenvalue weighted by molar-refractivity contribution is 0.426. The van der Waals surface area contributed by atoms with E-state index >= 15 is 0 Å². The first-order chi connectivity index (χ1) is 47.4. The molecule has 96 heavy (non-hydrogen) atoms. The Hall–Kier alpha value is -11.5. The van der Waals surface area contributed by atoms with Crippen molar-refractivity contribution in [1.29, 1.82) is 0 Å². The number of rotatable bonds is 8. The Morgan fingerprint density at radius 3 is 0.885 bits per heavy atom. The molecule has 4 heteroatoms. The topological polar surface area (TPSA) is 40.5 Å². The first-order valence-electron chi connectivity index (χ1n) is 32.6. The maximum atomic E-state index is 9.22. The summed E-state index contributed by atoms with van der Waals surface area (Å²) in [7, 11) is -1.43. The highest BCUT2D eigenvalue weighted by molar-refractivity contribution is 9.10. The molecular weight excluding hydrogens is 1230 g/mol. The fourth-order valence-corrected chi connectivity index (χ4v) is 14.6. The van der Waals surface area contributed by atoms with Gasteiger partial charge in [-0.3, -0.25) is 0 Å². The van der Waals surface area contributed by atoms with Gasteiger partial charge in [0.15, 0.2) is 0 Å². The maximum absolute atomic E-state index is 9.22. The summed E-state index contributed by atoms with van der Waals surface area (Å²) in [5.41, 5.74) is 17.7. The monoisotopic (exact) mass is 1290 g/mol. The Balaban J connectivity index is 0.000000124. The van der Waals surface area contributed by atoms with Gasteiger partial charge in [-0.1, -0.05) is 350 Å². The third-order valence-corrected chi connectivity index (χ3v) is 19.4. The lowest BCUT2D eigenvalue weighted by atomic mass is 9.79. The molecule has 0 atom stereocenters. The number of benzene rings is 18. The van der Waals surface area contributed by atoms with Crippen LogP contribution < -0.4 is 5.46 Å². The van der Waals surface area contributed by atoms with Gasteiger partial charge in [-0.2, -0.15) is 0 Å². The third kappa shape index (κ3) is 11.5. The van der Waals surface area contributed by atoms with Crippen molar-refractivity contribution in [2.45, 2.75) is 0 Å². The van der Waals surface area contributed by atoms with Crippen LogP contribution in [-0.2, 0) is 0 Å². The normalized spacial score (nSPS) is 11.3. The number of hydrogen-bond acceptors (Lipinski definition) is 2. The van der Waals surface area contributed by atoms with E-state index in [-0.39, 0.29) is 0 Å². The number of hydrogen-bond donors (Lipinski definition) is 2. The van der Waals surface area contributed by atoms with Gasteiger partial charge in [-0.25, -0.2) is 0 Å². The Labute approximate surface area is 567 Å². The molecule has 452 valence electrons. The van der Waals surface area contributed by atoms with Crippen LogP contribution in [-0.4, -0.2) is 17.2 Å². The fourth-order valence-electron chi connectivity index (χ4n) is 14.3. The van der Waals surface area contributed by atoms with Crippen LogP contribution in [0.4, 0.5) is 0 Å². The highest BCUT2D eigenvalue weighted by Gasteiger charge is 2.21. The van der Waals surface area contributed by atoms with Crippen molar-refractivity contribution in [2.24, 2.45) is 0 Å². The quantitative estimate of drug-likeness (QED) is 0.118. The van der Waals surface area contributed by atoms with Gasteiger partial charge in [0.05, 0.1) is 0 Å². The zero-order valence-corrected chi connectivity index (χ0v) is 54.1. The lowest BCUT2D eigenvalue weighted by Crippen LogP contribution is -2.29. The molecule has 18 aromatic rings. The van der Waals surface area contributed by atoms with Crippen LogP contribution in [0.1, 0.15) is 0 Å². The van der Waals surface area contributed by atoms with Crippen molar-refractivity contribution in [3.63, 3.8) is 0 Å². The van der Waals surface area contributed by atoms with Crippen molar-refractivity contribution in [3.8, 4) is 77.9 Å². The standard InChI is InChI=1S/C46H30.C30H19Br.C16H13BO2/c1-2-13-35-30-38(28-25-31(35)11-1)37-16-9-15-36(29-37)32-23-26-34(27-24-32)45-41-18-5-7-20-43(41)46(44-21-8-6-19-42(44)45)40-22-10-14-33-12-3-4-17-39(33)40;31-22-18-16-21(17-19-22)29-25-11-3-5-13-27(25)30(28-14-6-4-12-26(28)29)24-15-7-9-20-8-1-2-10-23(20)24;18-17(19)16-7-3-6-14(11-16)15-9-8-12-4-1-2-5-13(12)10-15/h1-30H;1-19H;1-11,18-19H. The second kappa shape index (κ2) is 26.1. The van der Waals surface area contributed by atoms with Crippen LogP contribution in [0.3, 0.4) is 0 Å².